The van der Waals surface area contributed by atoms with Crippen molar-refractivity contribution in [2.75, 3.05) is 30.9 Å². The summed E-state index contributed by atoms with van der Waals surface area (Å²) in [4.78, 5) is 13.3. The number of ether oxygens (including phenoxy) is 1. The molecule has 0 bridgehead atoms. The molecule has 2 rings (SSSR count). The summed E-state index contributed by atoms with van der Waals surface area (Å²) in [6.45, 7) is 8.60. The number of anilines is 1. The van der Waals surface area contributed by atoms with Gasteiger partial charge in [-0.15, -0.1) is 0 Å². The van der Waals surface area contributed by atoms with Crippen LogP contribution in [0, 0.1) is 13.8 Å². The Hall–Kier alpha value is -1.08. The zero-order valence-corrected chi connectivity index (χ0v) is 17.5. The average Bonchev–Trinajstić information content (AvgIpc) is 2.85. The first-order valence-electron chi connectivity index (χ1n) is 9.79. The Balaban J connectivity index is 2.25. The van der Waals surface area contributed by atoms with Crippen LogP contribution in [0.25, 0.3) is 0 Å². The average molecular weight is 364 g/mol. The standard InChI is InChI=1S/C21H34NO2P/c1-6-19(25(7-2)12-10-8-9-11-13-25)21(23)22-20-16(3)14-18(24-5)15-17(20)4/h14-15,19H,6-13H2,1-5H3/p+1. The highest BCUT2D eigenvalue weighted by Gasteiger charge is 2.47. The lowest BCUT2D eigenvalue weighted by molar-refractivity contribution is -0.115. The van der Waals surface area contributed by atoms with E-state index in [4.69, 9.17) is 4.74 Å². The zero-order valence-electron chi connectivity index (χ0n) is 16.7. The number of methoxy groups -OCH3 is 1. The van der Waals surface area contributed by atoms with Crippen LogP contribution in [-0.2, 0) is 4.79 Å². The molecule has 1 atom stereocenters. The highest BCUT2D eigenvalue weighted by Crippen LogP contribution is 2.66. The fourth-order valence-corrected chi connectivity index (χ4v) is 9.40. The minimum Gasteiger partial charge on any atom is -0.497 e. The molecule has 0 radical (unpaired) electrons. The summed E-state index contributed by atoms with van der Waals surface area (Å²) in [6, 6.07) is 4.00. The number of benzene rings is 1. The minimum absolute atomic E-state index is 0.205. The first kappa shape index (κ1) is 20.2. The van der Waals surface area contributed by atoms with Crippen molar-refractivity contribution >= 4 is 18.9 Å². The molecule has 1 aliphatic rings. The molecule has 140 valence electrons. The van der Waals surface area contributed by atoms with Crippen LogP contribution in [0.2, 0.25) is 0 Å². The predicted molar refractivity (Wildman–Crippen MR) is 111 cm³/mol. The third-order valence-corrected chi connectivity index (χ3v) is 11.5. The van der Waals surface area contributed by atoms with Gasteiger partial charge in [0.05, 0.1) is 25.6 Å². The first-order valence-corrected chi connectivity index (χ1v) is 12.2. The summed E-state index contributed by atoms with van der Waals surface area (Å²) >= 11 is 0. The molecule has 4 heteroatoms. The summed E-state index contributed by atoms with van der Waals surface area (Å²) in [7, 11) is 0.482. The summed E-state index contributed by atoms with van der Waals surface area (Å²) in [5.74, 6) is 1.09. The number of carbonyl (C=O) groups excluding carboxylic acids is 1. The molecule has 1 aliphatic heterocycles. The van der Waals surface area contributed by atoms with Crippen molar-refractivity contribution in [2.24, 2.45) is 0 Å². The second-order valence-electron chi connectivity index (χ2n) is 7.45. The van der Waals surface area contributed by atoms with Crippen molar-refractivity contribution < 1.29 is 9.53 Å². The Kier molecular flexibility index (Phi) is 7.31. The molecule has 1 aromatic rings. The molecule has 3 nitrogen and oxygen atoms in total. The van der Waals surface area contributed by atoms with E-state index in [0.29, 0.717) is 0 Å². The van der Waals surface area contributed by atoms with Crippen LogP contribution in [0.5, 0.6) is 5.75 Å². The van der Waals surface area contributed by atoms with Gasteiger partial charge in [0, 0.05) is 12.9 Å². The fourth-order valence-electron chi connectivity index (χ4n) is 4.43. The van der Waals surface area contributed by atoms with Gasteiger partial charge in [0.1, 0.15) is 11.4 Å². The topological polar surface area (TPSA) is 38.3 Å². The van der Waals surface area contributed by atoms with Gasteiger partial charge in [-0.3, -0.25) is 4.79 Å². The SMILES string of the molecule is CCC(C(=O)Nc1c(C)cc(OC)cc1C)[P+]1(CC)CCCCCC1. The van der Waals surface area contributed by atoms with E-state index in [1.54, 1.807) is 7.11 Å². The molecule has 25 heavy (non-hydrogen) atoms. The van der Waals surface area contributed by atoms with Crippen molar-refractivity contribution in [2.45, 2.75) is 65.5 Å². The maximum Gasteiger partial charge on any atom is 0.265 e. The summed E-state index contributed by atoms with van der Waals surface area (Å²) in [5, 5.41) is 3.29. The largest absolute Gasteiger partial charge is 0.497 e. The van der Waals surface area contributed by atoms with E-state index in [9.17, 15) is 4.79 Å². The Morgan fingerprint density at radius 3 is 2.12 bits per heavy atom. The molecule has 1 unspecified atom stereocenters. The van der Waals surface area contributed by atoms with Crippen LogP contribution >= 0.6 is 7.26 Å². The predicted octanol–water partition coefficient (Wildman–Crippen LogP) is 5.64. The quantitative estimate of drug-likeness (QED) is 0.663. The van der Waals surface area contributed by atoms with Crippen LogP contribution in [0.1, 0.15) is 57.1 Å². The van der Waals surface area contributed by atoms with Crippen molar-refractivity contribution in [3.63, 3.8) is 0 Å². The van der Waals surface area contributed by atoms with Gasteiger partial charge < -0.3 is 10.1 Å². The van der Waals surface area contributed by atoms with Gasteiger partial charge in [0.2, 0.25) is 0 Å². The van der Waals surface area contributed by atoms with Crippen LogP contribution in [0.15, 0.2) is 12.1 Å². The second kappa shape index (κ2) is 9.03. The number of hydrogen-bond acceptors (Lipinski definition) is 2. The summed E-state index contributed by atoms with van der Waals surface area (Å²) < 4.78 is 5.34. The monoisotopic (exact) mass is 364 g/mol. The van der Waals surface area contributed by atoms with E-state index in [2.05, 4.69) is 19.2 Å². The van der Waals surface area contributed by atoms with Gasteiger partial charge in [0.15, 0.2) is 0 Å². The Labute approximate surface area is 154 Å². The molecule has 1 amide bonds. The Morgan fingerprint density at radius 2 is 1.68 bits per heavy atom. The first-order chi connectivity index (χ1) is 12.0. The third-order valence-electron chi connectivity index (χ3n) is 5.93. The van der Waals surface area contributed by atoms with Crippen molar-refractivity contribution in [3.05, 3.63) is 23.3 Å². The molecule has 1 N–H and O–H groups in total. The lowest BCUT2D eigenvalue weighted by Crippen LogP contribution is -2.33. The summed E-state index contributed by atoms with van der Waals surface area (Å²) in [6.07, 6.45) is 10.1. The lowest BCUT2D eigenvalue weighted by Gasteiger charge is -2.32. The molecule has 0 spiro atoms. The fraction of sp³-hybridized carbons (Fsp3) is 0.667. The normalized spacial score (nSPS) is 18.3. The molecule has 1 heterocycles. The number of nitrogens with one attached hydrogen (secondary N) is 1. The van der Waals surface area contributed by atoms with E-state index in [1.165, 1.54) is 44.2 Å². The number of hydrogen-bond donors (Lipinski definition) is 1. The zero-order chi connectivity index (χ0) is 18.4. The Morgan fingerprint density at radius 1 is 1.12 bits per heavy atom. The van der Waals surface area contributed by atoms with Crippen LogP contribution in [0.3, 0.4) is 0 Å². The molecule has 1 aromatic carbocycles. The van der Waals surface area contributed by atoms with Crippen LogP contribution in [0.4, 0.5) is 5.69 Å². The van der Waals surface area contributed by atoms with Gasteiger partial charge in [-0.25, -0.2) is 0 Å². The molecule has 1 saturated heterocycles. The molecule has 0 aromatic heterocycles. The van der Waals surface area contributed by atoms with Crippen LogP contribution < -0.4 is 10.1 Å². The van der Waals surface area contributed by atoms with E-state index < -0.39 is 7.26 Å². The molecule has 0 aliphatic carbocycles. The maximum atomic E-state index is 13.3. The number of aryl methyl sites for hydroxylation is 2. The molecule has 1 fully saturated rings. The molecule has 0 saturated carbocycles. The minimum atomic E-state index is -1.20. The highest BCUT2D eigenvalue weighted by atomic mass is 31.2. The van der Waals surface area contributed by atoms with Gasteiger partial charge in [-0.1, -0.05) is 6.92 Å². The number of carbonyl (C=O) groups is 1. The number of rotatable bonds is 6. The smallest absolute Gasteiger partial charge is 0.265 e. The van der Waals surface area contributed by atoms with E-state index in [1.807, 2.05) is 26.0 Å². The maximum absolute atomic E-state index is 13.3. The Bertz CT molecular complexity index is 569. The van der Waals surface area contributed by atoms with E-state index in [-0.39, 0.29) is 11.6 Å². The van der Waals surface area contributed by atoms with Gasteiger partial charge in [0.25, 0.3) is 5.91 Å². The van der Waals surface area contributed by atoms with Gasteiger partial charge >= 0.3 is 0 Å². The third kappa shape index (κ3) is 4.56. The van der Waals surface area contributed by atoms with Gasteiger partial charge in [-0.2, -0.15) is 0 Å². The number of amides is 1. The highest BCUT2D eigenvalue weighted by molar-refractivity contribution is 7.77. The van der Waals surface area contributed by atoms with E-state index >= 15 is 0 Å². The van der Waals surface area contributed by atoms with Crippen molar-refractivity contribution in [3.8, 4) is 5.75 Å². The molecular weight excluding hydrogens is 329 g/mol. The molecular formula is C21H35NO2P+. The lowest BCUT2D eigenvalue weighted by atomic mass is 10.1. The second-order valence-corrected chi connectivity index (χ2v) is 12.0. The van der Waals surface area contributed by atoms with E-state index in [0.717, 1.165) is 29.0 Å². The summed E-state index contributed by atoms with van der Waals surface area (Å²) in [5.41, 5.74) is 3.32. The van der Waals surface area contributed by atoms with Crippen LogP contribution in [-0.4, -0.2) is 37.2 Å². The van der Waals surface area contributed by atoms with Crippen molar-refractivity contribution in [1.29, 1.82) is 0 Å². The van der Waals surface area contributed by atoms with Crippen molar-refractivity contribution in [1.82, 2.24) is 0 Å². The van der Waals surface area contributed by atoms with Gasteiger partial charge in [-0.05, 0) is 76.1 Å².